The SMILES string of the molecule is CN(CCCN)Cc1ccc(CO)cc1. The van der Waals surface area contributed by atoms with Crippen LogP contribution in [0.5, 0.6) is 0 Å². The molecule has 0 spiro atoms. The highest BCUT2D eigenvalue weighted by Crippen LogP contribution is 2.06. The van der Waals surface area contributed by atoms with Crippen molar-refractivity contribution < 1.29 is 5.11 Å². The molecule has 15 heavy (non-hydrogen) atoms. The molecule has 0 saturated heterocycles. The van der Waals surface area contributed by atoms with Crippen molar-refractivity contribution in [3.8, 4) is 0 Å². The van der Waals surface area contributed by atoms with E-state index in [1.807, 2.05) is 12.1 Å². The van der Waals surface area contributed by atoms with Crippen LogP contribution in [0.4, 0.5) is 0 Å². The van der Waals surface area contributed by atoms with Crippen molar-refractivity contribution in [3.05, 3.63) is 35.4 Å². The topological polar surface area (TPSA) is 49.5 Å². The van der Waals surface area contributed by atoms with Crippen LogP contribution in [0.15, 0.2) is 24.3 Å². The predicted molar refractivity (Wildman–Crippen MR) is 62.4 cm³/mol. The van der Waals surface area contributed by atoms with E-state index in [-0.39, 0.29) is 6.61 Å². The van der Waals surface area contributed by atoms with Gasteiger partial charge in [-0.25, -0.2) is 0 Å². The molecule has 0 aromatic heterocycles. The van der Waals surface area contributed by atoms with Gasteiger partial charge in [-0.05, 0) is 37.7 Å². The summed E-state index contributed by atoms with van der Waals surface area (Å²) in [6, 6.07) is 8.05. The van der Waals surface area contributed by atoms with Gasteiger partial charge in [0.15, 0.2) is 0 Å². The zero-order chi connectivity index (χ0) is 11.1. The number of aliphatic hydroxyl groups excluding tert-OH is 1. The van der Waals surface area contributed by atoms with Gasteiger partial charge >= 0.3 is 0 Å². The number of nitrogens with zero attached hydrogens (tertiary/aromatic N) is 1. The van der Waals surface area contributed by atoms with Gasteiger partial charge in [0.2, 0.25) is 0 Å². The van der Waals surface area contributed by atoms with Gasteiger partial charge in [-0.2, -0.15) is 0 Å². The van der Waals surface area contributed by atoms with Gasteiger partial charge < -0.3 is 15.7 Å². The van der Waals surface area contributed by atoms with Crippen molar-refractivity contribution in [1.29, 1.82) is 0 Å². The molecule has 0 fully saturated rings. The lowest BCUT2D eigenvalue weighted by atomic mass is 10.1. The molecular weight excluding hydrogens is 188 g/mol. The molecule has 0 unspecified atom stereocenters. The number of hydrogen-bond acceptors (Lipinski definition) is 3. The molecule has 0 amide bonds. The molecule has 3 nitrogen and oxygen atoms in total. The van der Waals surface area contributed by atoms with Crippen molar-refractivity contribution in [2.24, 2.45) is 5.73 Å². The predicted octanol–water partition coefficient (Wildman–Crippen LogP) is 0.959. The first-order valence-corrected chi connectivity index (χ1v) is 5.33. The van der Waals surface area contributed by atoms with Crippen molar-refractivity contribution in [1.82, 2.24) is 4.90 Å². The van der Waals surface area contributed by atoms with Crippen LogP contribution in [0.1, 0.15) is 17.5 Å². The second-order valence-corrected chi connectivity index (χ2v) is 3.85. The molecule has 1 aromatic carbocycles. The van der Waals surface area contributed by atoms with E-state index >= 15 is 0 Å². The van der Waals surface area contributed by atoms with Crippen LogP contribution in [0, 0.1) is 0 Å². The fraction of sp³-hybridized carbons (Fsp3) is 0.500. The Hall–Kier alpha value is -0.900. The highest BCUT2D eigenvalue weighted by molar-refractivity contribution is 5.21. The van der Waals surface area contributed by atoms with E-state index in [0.29, 0.717) is 0 Å². The van der Waals surface area contributed by atoms with E-state index < -0.39 is 0 Å². The summed E-state index contributed by atoms with van der Waals surface area (Å²) < 4.78 is 0. The summed E-state index contributed by atoms with van der Waals surface area (Å²) in [6.45, 7) is 2.82. The Morgan fingerprint density at radius 3 is 2.33 bits per heavy atom. The van der Waals surface area contributed by atoms with E-state index in [1.54, 1.807) is 0 Å². The highest BCUT2D eigenvalue weighted by Gasteiger charge is 1.99. The molecule has 1 aromatic rings. The Balaban J connectivity index is 2.42. The van der Waals surface area contributed by atoms with E-state index in [2.05, 4.69) is 24.1 Å². The molecule has 0 aliphatic heterocycles. The molecule has 0 radical (unpaired) electrons. The maximum absolute atomic E-state index is 8.90. The standard InChI is InChI=1S/C12H20N2O/c1-14(8-2-7-13)9-11-3-5-12(10-15)6-4-11/h3-6,15H,2,7-10,13H2,1H3. The fourth-order valence-corrected chi connectivity index (χ4v) is 1.50. The summed E-state index contributed by atoms with van der Waals surface area (Å²) >= 11 is 0. The van der Waals surface area contributed by atoms with Gasteiger partial charge in [0, 0.05) is 6.54 Å². The Kier molecular flexibility index (Phi) is 5.32. The Morgan fingerprint density at radius 1 is 1.20 bits per heavy atom. The summed E-state index contributed by atoms with van der Waals surface area (Å²) in [4.78, 5) is 2.25. The largest absolute Gasteiger partial charge is 0.392 e. The number of benzene rings is 1. The molecule has 0 heterocycles. The fourth-order valence-electron chi connectivity index (χ4n) is 1.50. The zero-order valence-corrected chi connectivity index (χ0v) is 9.32. The van der Waals surface area contributed by atoms with Gasteiger partial charge in [-0.1, -0.05) is 24.3 Å². The van der Waals surface area contributed by atoms with Gasteiger partial charge in [-0.15, -0.1) is 0 Å². The normalized spacial score (nSPS) is 10.9. The summed E-state index contributed by atoms with van der Waals surface area (Å²) in [7, 11) is 2.09. The van der Waals surface area contributed by atoms with Crippen LogP contribution in [-0.4, -0.2) is 30.1 Å². The van der Waals surface area contributed by atoms with Crippen molar-refractivity contribution >= 4 is 0 Å². The van der Waals surface area contributed by atoms with E-state index in [0.717, 1.165) is 31.6 Å². The van der Waals surface area contributed by atoms with Crippen molar-refractivity contribution in [3.63, 3.8) is 0 Å². The summed E-state index contributed by atoms with van der Waals surface area (Å²) in [5.41, 5.74) is 7.69. The lowest BCUT2D eigenvalue weighted by molar-refractivity contribution is 0.281. The second-order valence-electron chi connectivity index (χ2n) is 3.85. The average molecular weight is 208 g/mol. The molecule has 1 rings (SSSR count). The second kappa shape index (κ2) is 6.56. The molecular formula is C12H20N2O. The van der Waals surface area contributed by atoms with Crippen LogP contribution >= 0.6 is 0 Å². The van der Waals surface area contributed by atoms with E-state index in [4.69, 9.17) is 10.8 Å². The van der Waals surface area contributed by atoms with Crippen LogP contribution in [0.3, 0.4) is 0 Å². The highest BCUT2D eigenvalue weighted by atomic mass is 16.3. The van der Waals surface area contributed by atoms with Gasteiger partial charge in [0.1, 0.15) is 0 Å². The Bertz CT molecular complexity index is 271. The minimum Gasteiger partial charge on any atom is -0.392 e. The maximum atomic E-state index is 8.90. The molecule has 3 heteroatoms. The van der Waals surface area contributed by atoms with Crippen molar-refractivity contribution in [2.75, 3.05) is 20.1 Å². The number of nitrogens with two attached hydrogens (primary N) is 1. The van der Waals surface area contributed by atoms with Crippen LogP contribution in [0.25, 0.3) is 0 Å². The molecule has 3 N–H and O–H groups in total. The van der Waals surface area contributed by atoms with Gasteiger partial charge in [-0.3, -0.25) is 0 Å². The number of hydrogen-bond donors (Lipinski definition) is 2. The van der Waals surface area contributed by atoms with Crippen molar-refractivity contribution in [2.45, 2.75) is 19.6 Å². The van der Waals surface area contributed by atoms with E-state index in [9.17, 15) is 0 Å². The lowest BCUT2D eigenvalue weighted by Crippen LogP contribution is -2.21. The third-order valence-corrected chi connectivity index (χ3v) is 2.40. The molecule has 0 atom stereocenters. The van der Waals surface area contributed by atoms with Crippen LogP contribution in [0.2, 0.25) is 0 Å². The summed E-state index contributed by atoms with van der Waals surface area (Å²) in [6.07, 6.45) is 1.03. The number of rotatable bonds is 6. The maximum Gasteiger partial charge on any atom is 0.0681 e. The molecule has 84 valence electrons. The molecule has 0 aliphatic rings. The smallest absolute Gasteiger partial charge is 0.0681 e. The minimum atomic E-state index is 0.114. The van der Waals surface area contributed by atoms with Crippen LogP contribution < -0.4 is 5.73 Å². The third kappa shape index (κ3) is 4.42. The van der Waals surface area contributed by atoms with Crippen LogP contribution in [-0.2, 0) is 13.2 Å². The Labute approximate surface area is 91.5 Å². The van der Waals surface area contributed by atoms with Gasteiger partial charge in [0.25, 0.3) is 0 Å². The van der Waals surface area contributed by atoms with E-state index in [1.165, 1.54) is 5.56 Å². The Morgan fingerprint density at radius 2 is 1.80 bits per heavy atom. The quantitative estimate of drug-likeness (QED) is 0.732. The number of aliphatic hydroxyl groups is 1. The summed E-state index contributed by atoms with van der Waals surface area (Å²) in [5.74, 6) is 0. The first-order chi connectivity index (χ1) is 7.26. The monoisotopic (exact) mass is 208 g/mol. The molecule has 0 bridgehead atoms. The zero-order valence-electron chi connectivity index (χ0n) is 9.32. The summed E-state index contributed by atoms with van der Waals surface area (Å²) in [5, 5.41) is 8.90. The molecule has 0 aliphatic carbocycles. The van der Waals surface area contributed by atoms with Gasteiger partial charge in [0.05, 0.1) is 6.61 Å². The first-order valence-electron chi connectivity index (χ1n) is 5.33. The minimum absolute atomic E-state index is 0.114. The lowest BCUT2D eigenvalue weighted by Gasteiger charge is -2.16. The third-order valence-electron chi connectivity index (χ3n) is 2.40. The molecule has 0 saturated carbocycles. The average Bonchev–Trinajstić information content (AvgIpc) is 2.27. The first kappa shape index (κ1) is 12.2.